The minimum atomic E-state index is -3.00. The third kappa shape index (κ3) is 6.81. The molecule has 1 fully saturated rings. The average molecular weight is 534 g/mol. The molecule has 4 N–H and O–H groups in total. The van der Waals surface area contributed by atoms with Crippen molar-refractivity contribution in [3.8, 4) is 5.75 Å². The average Bonchev–Trinajstić information content (AvgIpc) is 3.34. The second kappa shape index (κ2) is 12.1. The largest absolute Gasteiger partial charge is 0.433 e. The van der Waals surface area contributed by atoms with E-state index in [1.165, 1.54) is 11.3 Å². The van der Waals surface area contributed by atoms with E-state index in [0.29, 0.717) is 28.7 Å². The van der Waals surface area contributed by atoms with E-state index < -0.39 is 12.5 Å². The van der Waals surface area contributed by atoms with Crippen LogP contribution in [-0.4, -0.2) is 73.8 Å². The second-order valence-corrected chi connectivity index (χ2v) is 9.30. The molecule has 3 aromatic rings. The van der Waals surface area contributed by atoms with Crippen LogP contribution in [-0.2, 0) is 4.74 Å². The first-order valence-electron chi connectivity index (χ1n) is 11.6. The van der Waals surface area contributed by atoms with Gasteiger partial charge < -0.3 is 30.7 Å². The third-order valence-corrected chi connectivity index (χ3v) is 6.82. The van der Waals surface area contributed by atoms with E-state index in [0.717, 1.165) is 44.0 Å². The van der Waals surface area contributed by atoms with Gasteiger partial charge in [-0.1, -0.05) is 0 Å². The zero-order valence-corrected chi connectivity index (χ0v) is 21.4. The van der Waals surface area contributed by atoms with E-state index in [9.17, 15) is 13.6 Å². The Labute approximate surface area is 217 Å². The number of alkyl halides is 2. The highest BCUT2D eigenvalue weighted by Crippen LogP contribution is 2.34. The number of carbonyl (C=O) groups excluding carboxylic acids is 1. The van der Waals surface area contributed by atoms with Crippen LogP contribution < -0.4 is 26.0 Å². The van der Waals surface area contributed by atoms with E-state index in [1.807, 2.05) is 6.07 Å². The number of hydrogen-bond acceptors (Lipinski definition) is 10. The van der Waals surface area contributed by atoms with Crippen LogP contribution in [0.25, 0.3) is 0 Å². The summed E-state index contributed by atoms with van der Waals surface area (Å²) >= 11 is 1.22. The summed E-state index contributed by atoms with van der Waals surface area (Å²) in [5.74, 6) is 0.0509. The van der Waals surface area contributed by atoms with Crippen molar-refractivity contribution in [3.63, 3.8) is 0 Å². The maximum absolute atomic E-state index is 13.3. The molecule has 4 rings (SSSR count). The number of nitrogens with zero attached hydrogens (tertiary/aromatic N) is 4. The lowest BCUT2D eigenvalue weighted by Gasteiger charge is -2.36. The summed E-state index contributed by atoms with van der Waals surface area (Å²) in [5, 5.41) is 7.81. The Morgan fingerprint density at radius 3 is 2.68 bits per heavy atom. The predicted molar refractivity (Wildman–Crippen MR) is 140 cm³/mol. The number of anilines is 5. The number of nitrogens with one attached hydrogen (secondary N) is 2. The van der Waals surface area contributed by atoms with E-state index in [2.05, 4.69) is 30.4 Å². The molecule has 37 heavy (non-hydrogen) atoms. The van der Waals surface area contributed by atoms with Crippen LogP contribution in [0.1, 0.15) is 15.2 Å². The fraction of sp³-hybridized carbons (Fsp3) is 0.375. The van der Waals surface area contributed by atoms with Gasteiger partial charge in [-0.15, -0.1) is 11.3 Å². The van der Waals surface area contributed by atoms with Crippen molar-refractivity contribution < 1.29 is 23.0 Å². The van der Waals surface area contributed by atoms with Gasteiger partial charge in [-0.3, -0.25) is 9.69 Å². The maximum atomic E-state index is 13.3. The van der Waals surface area contributed by atoms with Crippen LogP contribution in [0.4, 0.5) is 37.6 Å². The van der Waals surface area contributed by atoms with Crippen LogP contribution in [0, 0.1) is 6.92 Å². The highest BCUT2D eigenvalue weighted by molar-refractivity contribution is 7.12. The molecule has 10 nitrogen and oxygen atoms in total. The van der Waals surface area contributed by atoms with Crippen molar-refractivity contribution in [2.24, 2.45) is 5.73 Å². The number of nitrogens with two attached hydrogens (primary N) is 1. The molecule has 1 aromatic carbocycles. The van der Waals surface area contributed by atoms with Gasteiger partial charge >= 0.3 is 6.61 Å². The molecule has 1 aliphatic rings. The minimum absolute atomic E-state index is 0.0122. The van der Waals surface area contributed by atoms with E-state index in [-0.39, 0.29) is 11.7 Å². The molecule has 13 heteroatoms. The molecule has 1 aliphatic heterocycles. The number of aromatic nitrogens is 2. The molecular formula is C24H29F2N7O3S. The highest BCUT2D eigenvalue weighted by Gasteiger charge is 2.20. The monoisotopic (exact) mass is 533 g/mol. The lowest BCUT2D eigenvalue weighted by atomic mass is 10.2. The number of carbonyl (C=O) groups is 1. The number of amides is 1. The zero-order chi connectivity index (χ0) is 26.4. The molecule has 0 aliphatic carbocycles. The quantitative estimate of drug-likeness (QED) is 0.338. The number of aryl methyl sites for hydroxylation is 1. The fourth-order valence-corrected chi connectivity index (χ4v) is 4.63. The Kier molecular flexibility index (Phi) is 8.69. The number of benzene rings is 1. The normalized spacial score (nSPS) is 14.1. The molecule has 1 amide bonds. The van der Waals surface area contributed by atoms with E-state index in [4.69, 9.17) is 15.2 Å². The van der Waals surface area contributed by atoms with Crippen molar-refractivity contribution in [2.45, 2.75) is 13.5 Å². The Morgan fingerprint density at radius 1 is 1.19 bits per heavy atom. The lowest BCUT2D eigenvalue weighted by molar-refractivity contribution is -0.0493. The molecule has 0 bridgehead atoms. The summed E-state index contributed by atoms with van der Waals surface area (Å²) in [7, 11) is 1.68. The van der Waals surface area contributed by atoms with Gasteiger partial charge in [0.1, 0.15) is 10.7 Å². The SMILES string of the molecule is COCCN1CCN(c2ccc(Nc3ncc(C)c(Nc4ccsc4C(N)=O)n3)c(OC(F)F)c2)CC1. The first-order chi connectivity index (χ1) is 17.8. The smallest absolute Gasteiger partial charge is 0.387 e. The highest BCUT2D eigenvalue weighted by atomic mass is 32.1. The van der Waals surface area contributed by atoms with Gasteiger partial charge in [-0.25, -0.2) is 4.98 Å². The van der Waals surface area contributed by atoms with Crippen molar-refractivity contribution >= 4 is 46.1 Å². The number of ether oxygens (including phenoxy) is 2. The first kappa shape index (κ1) is 26.5. The fourth-order valence-electron chi connectivity index (χ4n) is 3.93. The third-order valence-electron chi connectivity index (χ3n) is 5.89. The number of rotatable bonds is 11. The summed E-state index contributed by atoms with van der Waals surface area (Å²) in [6, 6.07) is 6.84. The second-order valence-electron chi connectivity index (χ2n) is 8.38. The molecular weight excluding hydrogens is 504 g/mol. The van der Waals surface area contributed by atoms with Crippen LogP contribution >= 0.6 is 11.3 Å². The molecule has 0 atom stereocenters. The Hall–Kier alpha value is -3.55. The standard InChI is InChI=1S/C24H29F2N7O3S/c1-15-14-28-24(31-22(15)29-18-5-12-37-20(18)21(27)34)30-17-4-3-16(13-19(17)36-23(25)26)33-8-6-32(7-9-33)10-11-35-2/h3-5,12-14,23H,6-11H2,1-2H3,(H2,27,34)(H2,28,29,30,31). The van der Waals surface area contributed by atoms with E-state index in [1.54, 1.807) is 43.8 Å². The molecule has 3 heterocycles. The first-order valence-corrected chi connectivity index (χ1v) is 12.5. The van der Waals surface area contributed by atoms with Crippen molar-refractivity contribution in [2.75, 3.05) is 62.0 Å². The van der Waals surface area contributed by atoms with Crippen LogP contribution in [0.2, 0.25) is 0 Å². The number of hydrogen-bond donors (Lipinski definition) is 3. The Balaban J connectivity index is 1.52. The summed E-state index contributed by atoms with van der Waals surface area (Å²) in [4.78, 5) is 25.2. The Bertz CT molecular complexity index is 1220. The van der Waals surface area contributed by atoms with Crippen LogP contribution in [0.15, 0.2) is 35.8 Å². The minimum Gasteiger partial charge on any atom is -0.433 e. The van der Waals surface area contributed by atoms with Crippen LogP contribution in [0.5, 0.6) is 5.75 Å². The Morgan fingerprint density at radius 2 is 1.97 bits per heavy atom. The van der Waals surface area contributed by atoms with E-state index >= 15 is 0 Å². The molecule has 0 saturated carbocycles. The van der Waals surface area contributed by atoms with Gasteiger partial charge in [0.2, 0.25) is 5.95 Å². The molecule has 0 spiro atoms. The molecule has 198 valence electrons. The maximum Gasteiger partial charge on any atom is 0.387 e. The van der Waals surface area contributed by atoms with Crippen molar-refractivity contribution in [1.29, 1.82) is 0 Å². The lowest BCUT2D eigenvalue weighted by Crippen LogP contribution is -2.47. The summed E-state index contributed by atoms with van der Waals surface area (Å²) in [6.07, 6.45) is 1.58. The van der Waals surface area contributed by atoms with Gasteiger partial charge in [0.05, 0.1) is 18.0 Å². The predicted octanol–water partition coefficient (Wildman–Crippen LogP) is 3.80. The van der Waals surface area contributed by atoms with Crippen molar-refractivity contribution in [3.05, 3.63) is 46.3 Å². The molecule has 2 aromatic heterocycles. The zero-order valence-electron chi connectivity index (χ0n) is 20.5. The number of piperazine rings is 1. The number of methoxy groups -OCH3 is 1. The number of thiophene rings is 1. The van der Waals surface area contributed by atoms with Gasteiger partial charge in [0.25, 0.3) is 5.91 Å². The van der Waals surface area contributed by atoms with Crippen LogP contribution in [0.3, 0.4) is 0 Å². The van der Waals surface area contributed by atoms with Crippen molar-refractivity contribution in [1.82, 2.24) is 14.9 Å². The van der Waals surface area contributed by atoms with Gasteiger partial charge in [0.15, 0.2) is 5.75 Å². The molecule has 0 unspecified atom stereocenters. The summed E-state index contributed by atoms with van der Waals surface area (Å²) in [5.41, 5.74) is 7.76. The van der Waals surface area contributed by atoms with Gasteiger partial charge in [0, 0.05) is 63.3 Å². The molecule has 1 saturated heterocycles. The summed E-state index contributed by atoms with van der Waals surface area (Å²) < 4.78 is 36.5. The van der Waals surface area contributed by atoms with Gasteiger partial charge in [-0.2, -0.15) is 13.8 Å². The topological polar surface area (TPSA) is 118 Å². The summed E-state index contributed by atoms with van der Waals surface area (Å²) in [6.45, 7) is 3.56. The molecule has 0 radical (unpaired) electrons. The number of primary amides is 1. The van der Waals surface area contributed by atoms with Gasteiger partial charge in [-0.05, 0) is 30.5 Å². The number of halogens is 2.